The Hall–Kier alpha value is -2.13. The molecule has 0 spiro atoms. The molecule has 1 N–H and O–H groups in total. The molecule has 0 amide bonds. The number of benzene rings is 2. The summed E-state index contributed by atoms with van der Waals surface area (Å²) in [6, 6.07) is 15.0. The molecule has 0 aromatic heterocycles. The Balaban J connectivity index is 2.19. The standard InChI is InChI=1S/C16H16O3/c1-2-19-16(18)15-9-7-14(8-10-15)13-5-3-12(11-17)4-6-13/h3-10,17H,2,11H2,1H3. The highest BCUT2D eigenvalue weighted by Crippen LogP contribution is 2.20. The Bertz CT molecular complexity index is 541. The van der Waals surface area contributed by atoms with Gasteiger partial charge in [0.05, 0.1) is 18.8 Å². The number of aliphatic hydroxyl groups is 1. The van der Waals surface area contributed by atoms with E-state index in [0.717, 1.165) is 16.7 Å². The highest BCUT2D eigenvalue weighted by Gasteiger charge is 2.06. The molecule has 0 radical (unpaired) electrons. The molecule has 0 fully saturated rings. The van der Waals surface area contributed by atoms with Crippen molar-refractivity contribution in [1.29, 1.82) is 0 Å². The number of esters is 1. The Morgan fingerprint density at radius 1 is 1.00 bits per heavy atom. The largest absolute Gasteiger partial charge is 0.462 e. The molecule has 2 rings (SSSR count). The number of hydrogen-bond donors (Lipinski definition) is 1. The summed E-state index contributed by atoms with van der Waals surface area (Å²) in [7, 11) is 0. The highest BCUT2D eigenvalue weighted by molar-refractivity contribution is 5.90. The summed E-state index contributed by atoms with van der Waals surface area (Å²) < 4.78 is 4.94. The van der Waals surface area contributed by atoms with Gasteiger partial charge in [0.2, 0.25) is 0 Å². The fourth-order valence-electron chi connectivity index (χ4n) is 1.82. The first kappa shape index (κ1) is 13.3. The summed E-state index contributed by atoms with van der Waals surface area (Å²) in [5, 5.41) is 9.00. The molecule has 0 aliphatic heterocycles. The molecule has 2 aromatic rings. The van der Waals surface area contributed by atoms with Gasteiger partial charge in [-0.25, -0.2) is 4.79 Å². The van der Waals surface area contributed by atoms with E-state index in [1.807, 2.05) is 36.4 Å². The number of rotatable bonds is 4. The van der Waals surface area contributed by atoms with Crippen molar-refractivity contribution >= 4 is 5.97 Å². The number of carbonyl (C=O) groups is 1. The van der Waals surface area contributed by atoms with E-state index < -0.39 is 0 Å². The van der Waals surface area contributed by atoms with Gasteiger partial charge in [0.1, 0.15) is 0 Å². The summed E-state index contributed by atoms with van der Waals surface area (Å²) in [6.45, 7) is 2.21. The van der Waals surface area contributed by atoms with Gasteiger partial charge in [0.15, 0.2) is 0 Å². The third kappa shape index (κ3) is 3.20. The van der Waals surface area contributed by atoms with Gasteiger partial charge >= 0.3 is 5.97 Å². The van der Waals surface area contributed by atoms with Crippen LogP contribution in [0.2, 0.25) is 0 Å². The summed E-state index contributed by atoms with van der Waals surface area (Å²) >= 11 is 0. The van der Waals surface area contributed by atoms with Crippen molar-refractivity contribution < 1.29 is 14.6 Å². The van der Waals surface area contributed by atoms with Gasteiger partial charge in [-0.3, -0.25) is 0 Å². The maximum Gasteiger partial charge on any atom is 0.338 e. The molecule has 3 heteroatoms. The van der Waals surface area contributed by atoms with Gasteiger partial charge in [-0.05, 0) is 35.7 Å². The van der Waals surface area contributed by atoms with Crippen molar-refractivity contribution in [3.05, 3.63) is 59.7 Å². The molecule has 0 atom stereocenters. The van der Waals surface area contributed by atoms with Crippen LogP contribution < -0.4 is 0 Å². The van der Waals surface area contributed by atoms with E-state index in [-0.39, 0.29) is 12.6 Å². The van der Waals surface area contributed by atoms with Crippen LogP contribution in [0.1, 0.15) is 22.8 Å². The van der Waals surface area contributed by atoms with E-state index in [0.29, 0.717) is 12.2 Å². The molecular formula is C16H16O3. The predicted molar refractivity (Wildman–Crippen MR) is 73.8 cm³/mol. The fourth-order valence-corrected chi connectivity index (χ4v) is 1.82. The minimum atomic E-state index is -0.301. The zero-order valence-corrected chi connectivity index (χ0v) is 10.8. The SMILES string of the molecule is CCOC(=O)c1ccc(-c2ccc(CO)cc2)cc1. The number of hydrogen-bond acceptors (Lipinski definition) is 3. The molecule has 19 heavy (non-hydrogen) atoms. The van der Waals surface area contributed by atoms with E-state index >= 15 is 0 Å². The summed E-state index contributed by atoms with van der Waals surface area (Å²) in [5.74, 6) is -0.301. The maximum absolute atomic E-state index is 11.5. The Morgan fingerprint density at radius 3 is 2.00 bits per heavy atom. The monoisotopic (exact) mass is 256 g/mol. The minimum Gasteiger partial charge on any atom is -0.462 e. The van der Waals surface area contributed by atoms with Crippen LogP contribution in [0, 0.1) is 0 Å². The molecule has 3 nitrogen and oxygen atoms in total. The number of carbonyl (C=O) groups excluding carboxylic acids is 1. The highest BCUT2D eigenvalue weighted by atomic mass is 16.5. The van der Waals surface area contributed by atoms with Crippen molar-refractivity contribution in [2.24, 2.45) is 0 Å². The number of ether oxygens (including phenoxy) is 1. The molecule has 0 bridgehead atoms. The van der Waals surface area contributed by atoms with Crippen LogP contribution in [0.5, 0.6) is 0 Å². The van der Waals surface area contributed by atoms with Gasteiger partial charge in [0, 0.05) is 0 Å². The lowest BCUT2D eigenvalue weighted by atomic mass is 10.0. The van der Waals surface area contributed by atoms with Gasteiger partial charge in [-0.1, -0.05) is 36.4 Å². The van der Waals surface area contributed by atoms with Crippen LogP contribution in [0.3, 0.4) is 0 Å². The van der Waals surface area contributed by atoms with Gasteiger partial charge in [-0.2, -0.15) is 0 Å². The van der Waals surface area contributed by atoms with Crippen LogP contribution >= 0.6 is 0 Å². The van der Waals surface area contributed by atoms with E-state index in [1.54, 1.807) is 19.1 Å². The molecule has 0 heterocycles. The molecule has 2 aromatic carbocycles. The zero-order valence-electron chi connectivity index (χ0n) is 10.8. The van der Waals surface area contributed by atoms with Gasteiger partial charge in [-0.15, -0.1) is 0 Å². The summed E-state index contributed by atoms with van der Waals surface area (Å²) in [4.78, 5) is 11.5. The Kier molecular flexibility index (Phi) is 4.31. The lowest BCUT2D eigenvalue weighted by Crippen LogP contribution is -2.03. The average molecular weight is 256 g/mol. The first-order valence-corrected chi connectivity index (χ1v) is 6.22. The Labute approximate surface area is 112 Å². The number of aliphatic hydroxyl groups excluding tert-OH is 1. The van der Waals surface area contributed by atoms with Crippen LogP contribution in [-0.4, -0.2) is 17.7 Å². The fraction of sp³-hybridized carbons (Fsp3) is 0.188. The molecule has 98 valence electrons. The summed E-state index contributed by atoms with van der Waals surface area (Å²) in [5.41, 5.74) is 3.51. The van der Waals surface area contributed by atoms with Crippen molar-refractivity contribution in [3.8, 4) is 11.1 Å². The van der Waals surface area contributed by atoms with Gasteiger partial charge < -0.3 is 9.84 Å². The first-order chi connectivity index (χ1) is 9.24. The molecular weight excluding hydrogens is 240 g/mol. The van der Waals surface area contributed by atoms with Crippen LogP contribution in [0.25, 0.3) is 11.1 Å². The van der Waals surface area contributed by atoms with Crippen LogP contribution in [0.15, 0.2) is 48.5 Å². The first-order valence-electron chi connectivity index (χ1n) is 6.22. The molecule has 0 saturated carbocycles. The molecule has 0 aliphatic carbocycles. The average Bonchev–Trinajstić information content (AvgIpc) is 2.48. The van der Waals surface area contributed by atoms with Crippen LogP contribution in [-0.2, 0) is 11.3 Å². The summed E-state index contributed by atoms with van der Waals surface area (Å²) in [6.07, 6.45) is 0. The predicted octanol–water partition coefficient (Wildman–Crippen LogP) is 3.02. The smallest absolute Gasteiger partial charge is 0.338 e. The molecule has 0 saturated heterocycles. The quantitative estimate of drug-likeness (QED) is 0.855. The van der Waals surface area contributed by atoms with Crippen molar-refractivity contribution in [3.63, 3.8) is 0 Å². The second-order valence-corrected chi connectivity index (χ2v) is 4.15. The molecule has 0 aliphatic rings. The second-order valence-electron chi connectivity index (χ2n) is 4.15. The van der Waals surface area contributed by atoms with Crippen molar-refractivity contribution in [2.45, 2.75) is 13.5 Å². The third-order valence-electron chi connectivity index (χ3n) is 2.87. The van der Waals surface area contributed by atoms with E-state index in [2.05, 4.69) is 0 Å². The van der Waals surface area contributed by atoms with E-state index in [9.17, 15) is 4.79 Å². The Morgan fingerprint density at radius 2 is 1.53 bits per heavy atom. The van der Waals surface area contributed by atoms with Crippen molar-refractivity contribution in [1.82, 2.24) is 0 Å². The zero-order chi connectivity index (χ0) is 13.7. The molecule has 0 unspecified atom stereocenters. The normalized spacial score (nSPS) is 10.2. The van der Waals surface area contributed by atoms with Crippen molar-refractivity contribution in [2.75, 3.05) is 6.61 Å². The minimum absolute atomic E-state index is 0.0437. The van der Waals surface area contributed by atoms with Crippen LogP contribution in [0.4, 0.5) is 0 Å². The second kappa shape index (κ2) is 6.16. The van der Waals surface area contributed by atoms with Gasteiger partial charge in [0.25, 0.3) is 0 Å². The maximum atomic E-state index is 11.5. The van der Waals surface area contributed by atoms with E-state index in [4.69, 9.17) is 9.84 Å². The lowest BCUT2D eigenvalue weighted by Gasteiger charge is -2.05. The van der Waals surface area contributed by atoms with E-state index in [1.165, 1.54) is 0 Å². The third-order valence-corrected chi connectivity index (χ3v) is 2.87. The lowest BCUT2D eigenvalue weighted by molar-refractivity contribution is 0.0526. The topological polar surface area (TPSA) is 46.5 Å².